The fourth-order valence-corrected chi connectivity index (χ4v) is 1.68. The summed E-state index contributed by atoms with van der Waals surface area (Å²) < 4.78 is 5.17. The summed E-state index contributed by atoms with van der Waals surface area (Å²) in [5, 5.41) is 7.21. The van der Waals surface area contributed by atoms with Crippen LogP contribution < -0.4 is 11.1 Å². The molecule has 0 radical (unpaired) electrons. The summed E-state index contributed by atoms with van der Waals surface area (Å²) in [5.41, 5.74) is 5.65. The highest BCUT2D eigenvalue weighted by Crippen LogP contribution is 2.21. The van der Waals surface area contributed by atoms with Crippen LogP contribution >= 0.6 is 0 Å². The minimum absolute atomic E-state index is 0.0805. The molecule has 78 valence electrons. The lowest BCUT2D eigenvalue weighted by atomic mass is 10.2. The van der Waals surface area contributed by atoms with Crippen molar-refractivity contribution in [3.8, 4) is 0 Å². The number of nitrogens with two attached hydrogens (primary N) is 1. The Hall–Kier alpha value is -0.940. The Morgan fingerprint density at radius 3 is 3.21 bits per heavy atom. The highest BCUT2D eigenvalue weighted by atomic mass is 16.5. The van der Waals surface area contributed by atoms with Gasteiger partial charge in [0.05, 0.1) is 6.04 Å². The van der Waals surface area contributed by atoms with E-state index in [-0.39, 0.29) is 12.1 Å². The molecule has 3 N–H and O–H groups in total. The summed E-state index contributed by atoms with van der Waals surface area (Å²) in [6, 6.07) is 0.335. The molecule has 1 unspecified atom stereocenters. The Kier molecular flexibility index (Phi) is 2.79. The van der Waals surface area contributed by atoms with Crippen molar-refractivity contribution in [1.29, 1.82) is 0 Å². The van der Waals surface area contributed by atoms with Crippen molar-refractivity contribution in [3.05, 3.63) is 11.7 Å². The molecule has 1 aromatic rings. The molecule has 0 amide bonds. The molecule has 2 heterocycles. The Balaban J connectivity index is 2.01. The SMILES string of the molecule is CC(N)Cc1noc([C@@H]2CCCN2)n1. The summed E-state index contributed by atoms with van der Waals surface area (Å²) in [7, 11) is 0. The summed E-state index contributed by atoms with van der Waals surface area (Å²) in [6.07, 6.45) is 2.94. The Morgan fingerprint density at radius 2 is 2.57 bits per heavy atom. The monoisotopic (exact) mass is 196 g/mol. The predicted octanol–water partition coefficient (Wildman–Crippen LogP) is 0.384. The highest BCUT2D eigenvalue weighted by molar-refractivity contribution is 4.96. The van der Waals surface area contributed by atoms with Crippen molar-refractivity contribution in [2.45, 2.75) is 38.3 Å². The lowest BCUT2D eigenvalue weighted by molar-refractivity contribution is 0.340. The third kappa shape index (κ3) is 2.10. The van der Waals surface area contributed by atoms with Crippen LogP contribution in [0.5, 0.6) is 0 Å². The summed E-state index contributed by atoms with van der Waals surface area (Å²) >= 11 is 0. The lowest BCUT2D eigenvalue weighted by Crippen LogP contribution is -2.18. The van der Waals surface area contributed by atoms with Crippen molar-refractivity contribution in [2.24, 2.45) is 5.73 Å². The third-order valence-corrected chi connectivity index (χ3v) is 2.35. The van der Waals surface area contributed by atoms with Crippen molar-refractivity contribution in [1.82, 2.24) is 15.5 Å². The molecule has 0 aliphatic carbocycles. The van der Waals surface area contributed by atoms with E-state index in [2.05, 4.69) is 15.5 Å². The van der Waals surface area contributed by atoms with E-state index in [9.17, 15) is 0 Å². The van der Waals surface area contributed by atoms with E-state index in [0.717, 1.165) is 13.0 Å². The van der Waals surface area contributed by atoms with Gasteiger partial charge in [-0.3, -0.25) is 0 Å². The molecule has 0 saturated carbocycles. The molecule has 1 aliphatic heterocycles. The van der Waals surface area contributed by atoms with Crippen molar-refractivity contribution < 1.29 is 4.52 Å². The van der Waals surface area contributed by atoms with Crippen LogP contribution in [-0.4, -0.2) is 22.7 Å². The highest BCUT2D eigenvalue weighted by Gasteiger charge is 2.22. The van der Waals surface area contributed by atoms with Gasteiger partial charge in [0, 0.05) is 12.5 Å². The number of aromatic nitrogens is 2. The van der Waals surface area contributed by atoms with Crippen LogP contribution in [-0.2, 0) is 6.42 Å². The molecule has 2 rings (SSSR count). The van der Waals surface area contributed by atoms with Crippen LogP contribution in [0.1, 0.15) is 37.5 Å². The van der Waals surface area contributed by atoms with Crippen LogP contribution in [0.4, 0.5) is 0 Å². The maximum absolute atomic E-state index is 5.65. The van der Waals surface area contributed by atoms with E-state index in [1.807, 2.05) is 6.92 Å². The Morgan fingerprint density at radius 1 is 1.71 bits per heavy atom. The quantitative estimate of drug-likeness (QED) is 0.731. The minimum Gasteiger partial charge on any atom is -0.338 e. The smallest absolute Gasteiger partial charge is 0.243 e. The number of hydrogen-bond acceptors (Lipinski definition) is 5. The van der Waals surface area contributed by atoms with E-state index < -0.39 is 0 Å². The van der Waals surface area contributed by atoms with E-state index in [0.29, 0.717) is 18.1 Å². The molecule has 1 fully saturated rings. The topological polar surface area (TPSA) is 77.0 Å². The molecule has 1 aliphatic rings. The molecule has 5 heteroatoms. The second kappa shape index (κ2) is 4.06. The number of hydrogen-bond donors (Lipinski definition) is 2. The van der Waals surface area contributed by atoms with Crippen molar-refractivity contribution >= 4 is 0 Å². The molecule has 0 bridgehead atoms. The van der Waals surface area contributed by atoms with Gasteiger partial charge >= 0.3 is 0 Å². The zero-order valence-corrected chi connectivity index (χ0v) is 8.36. The maximum Gasteiger partial charge on any atom is 0.243 e. The molecule has 14 heavy (non-hydrogen) atoms. The molecular formula is C9H16N4O. The van der Waals surface area contributed by atoms with E-state index in [1.165, 1.54) is 6.42 Å². The van der Waals surface area contributed by atoms with Crippen molar-refractivity contribution in [3.63, 3.8) is 0 Å². The van der Waals surface area contributed by atoms with Crippen molar-refractivity contribution in [2.75, 3.05) is 6.54 Å². The average Bonchev–Trinajstić information content (AvgIpc) is 2.69. The van der Waals surface area contributed by atoms with Crippen LogP contribution in [0.25, 0.3) is 0 Å². The van der Waals surface area contributed by atoms with Gasteiger partial charge in [0.1, 0.15) is 0 Å². The van der Waals surface area contributed by atoms with E-state index >= 15 is 0 Å². The van der Waals surface area contributed by atoms with Gasteiger partial charge in [-0.1, -0.05) is 5.16 Å². The molecule has 0 spiro atoms. The summed E-state index contributed by atoms with van der Waals surface area (Å²) in [6.45, 7) is 2.97. The fraction of sp³-hybridized carbons (Fsp3) is 0.778. The van der Waals surface area contributed by atoms with Gasteiger partial charge in [-0.15, -0.1) is 0 Å². The third-order valence-electron chi connectivity index (χ3n) is 2.35. The molecule has 1 saturated heterocycles. The summed E-state index contributed by atoms with van der Waals surface area (Å²) in [4.78, 5) is 4.31. The largest absolute Gasteiger partial charge is 0.338 e. The Labute approximate surface area is 83.1 Å². The van der Waals surface area contributed by atoms with Gasteiger partial charge in [-0.05, 0) is 26.3 Å². The van der Waals surface area contributed by atoms with E-state index in [4.69, 9.17) is 10.3 Å². The first-order valence-electron chi connectivity index (χ1n) is 5.07. The first-order chi connectivity index (χ1) is 6.75. The maximum atomic E-state index is 5.65. The standard InChI is InChI=1S/C9H16N4O/c1-6(10)5-8-12-9(14-13-8)7-3-2-4-11-7/h6-7,11H,2-5,10H2,1H3/t6?,7-/m0/s1. The molecule has 0 aromatic carbocycles. The van der Waals surface area contributed by atoms with Gasteiger partial charge in [-0.25, -0.2) is 0 Å². The van der Waals surface area contributed by atoms with Crippen LogP contribution in [0.3, 0.4) is 0 Å². The number of nitrogens with zero attached hydrogens (tertiary/aromatic N) is 2. The summed E-state index contributed by atoms with van der Waals surface area (Å²) in [5.74, 6) is 1.42. The minimum atomic E-state index is 0.0805. The van der Waals surface area contributed by atoms with Gasteiger partial charge < -0.3 is 15.6 Å². The number of rotatable bonds is 3. The lowest BCUT2D eigenvalue weighted by Gasteiger charge is -2.01. The normalized spacial score (nSPS) is 24.0. The fourth-order valence-electron chi connectivity index (χ4n) is 1.68. The molecule has 1 aromatic heterocycles. The number of nitrogens with one attached hydrogen (secondary N) is 1. The first kappa shape index (κ1) is 9.61. The Bertz CT molecular complexity index is 291. The van der Waals surface area contributed by atoms with Gasteiger partial charge in [-0.2, -0.15) is 4.98 Å². The molecular weight excluding hydrogens is 180 g/mol. The van der Waals surface area contributed by atoms with E-state index in [1.54, 1.807) is 0 Å². The predicted molar refractivity (Wildman–Crippen MR) is 51.6 cm³/mol. The second-order valence-electron chi connectivity index (χ2n) is 3.88. The van der Waals surface area contributed by atoms with Gasteiger partial charge in [0.15, 0.2) is 5.82 Å². The first-order valence-corrected chi connectivity index (χ1v) is 5.07. The zero-order valence-electron chi connectivity index (χ0n) is 8.36. The zero-order chi connectivity index (χ0) is 9.97. The van der Waals surface area contributed by atoms with Gasteiger partial charge in [0.25, 0.3) is 0 Å². The molecule has 5 nitrogen and oxygen atoms in total. The molecule has 2 atom stereocenters. The van der Waals surface area contributed by atoms with Crippen LogP contribution in [0, 0.1) is 0 Å². The van der Waals surface area contributed by atoms with Crippen LogP contribution in [0.2, 0.25) is 0 Å². The second-order valence-corrected chi connectivity index (χ2v) is 3.88. The average molecular weight is 196 g/mol. The van der Waals surface area contributed by atoms with Crippen LogP contribution in [0.15, 0.2) is 4.52 Å². The van der Waals surface area contributed by atoms with Gasteiger partial charge in [0.2, 0.25) is 5.89 Å².